The number of nitrogens with zero attached hydrogens (tertiary/aromatic N) is 2. The molecule has 1 aromatic heterocycles. The fraction of sp³-hybridized carbons (Fsp3) is 0.0870. The minimum atomic E-state index is -4.21. The van der Waals surface area contributed by atoms with E-state index in [1.807, 2.05) is 35.2 Å². The van der Waals surface area contributed by atoms with E-state index in [0.717, 1.165) is 16.7 Å². The number of nitrogens with one attached hydrogen (secondary N) is 1. The molecule has 2 amide bonds. The van der Waals surface area contributed by atoms with Gasteiger partial charge in [0.05, 0.1) is 4.90 Å². The maximum Gasteiger partial charge on any atom is 0.345 e. The smallest absolute Gasteiger partial charge is 0.345 e. The summed E-state index contributed by atoms with van der Waals surface area (Å²) in [4.78, 5) is 27.1. The molecule has 0 spiro atoms. The number of hydrazine groups is 1. The summed E-state index contributed by atoms with van der Waals surface area (Å²) >= 11 is 0. The lowest BCUT2D eigenvalue weighted by atomic mass is 10.1. The molecule has 2 heterocycles. The van der Waals surface area contributed by atoms with E-state index in [2.05, 4.69) is 0 Å². The summed E-state index contributed by atoms with van der Waals surface area (Å²) in [7, 11) is -4.21. The second-order valence-corrected chi connectivity index (χ2v) is 8.99. The quantitative estimate of drug-likeness (QED) is 0.440. The molecule has 0 fully saturated rings. The van der Waals surface area contributed by atoms with Gasteiger partial charge in [0.25, 0.3) is 15.8 Å². The topological polar surface area (TPSA) is 108 Å². The molecule has 2 N–H and O–H groups in total. The summed E-state index contributed by atoms with van der Waals surface area (Å²) < 4.78 is 26.5. The van der Waals surface area contributed by atoms with Crippen LogP contribution >= 0.6 is 0 Å². The number of aliphatic hydroxyl groups is 1. The van der Waals surface area contributed by atoms with Crippen LogP contribution in [0, 0.1) is 6.92 Å². The molecule has 2 aromatic carbocycles. The van der Waals surface area contributed by atoms with Crippen molar-refractivity contribution >= 4 is 27.5 Å². The molecule has 0 aliphatic carbocycles. The SMILES string of the molecule is Cc1ccc(S(=O)(=O)NN2C(=O)C(O)=C([n+]3ccc(Cc4ccccc4)cc3)C2=O)cc1. The number of pyridine rings is 1. The van der Waals surface area contributed by atoms with Crippen LogP contribution in [0.1, 0.15) is 16.7 Å². The Morgan fingerprint density at radius 1 is 0.875 bits per heavy atom. The first kappa shape index (κ1) is 21.4. The lowest BCUT2D eigenvalue weighted by Gasteiger charge is -2.14. The van der Waals surface area contributed by atoms with Gasteiger partial charge in [0.2, 0.25) is 0 Å². The Morgan fingerprint density at radius 3 is 2.09 bits per heavy atom. The number of aliphatic hydroxyl groups excluding tert-OH is 1. The van der Waals surface area contributed by atoms with Crippen molar-refractivity contribution in [1.29, 1.82) is 0 Å². The van der Waals surface area contributed by atoms with Crippen LogP contribution in [0.3, 0.4) is 0 Å². The molecule has 0 atom stereocenters. The van der Waals surface area contributed by atoms with Crippen molar-refractivity contribution in [3.05, 3.63) is 102 Å². The number of amides is 2. The fourth-order valence-electron chi connectivity index (χ4n) is 3.27. The van der Waals surface area contributed by atoms with Crippen LogP contribution in [0.25, 0.3) is 5.70 Å². The van der Waals surface area contributed by atoms with Gasteiger partial charge < -0.3 is 5.11 Å². The van der Waals surface area contributed by atoms with E-state index in [-0.39, 0.29) is 10.6 Å². The van der Waals surface area contributed by atoms with Gasteiger partial charge in [-0.05, 0) is 36.6 Å². The lowest BCUT2D eigenvalue weighted by Crippen LogP contribution is -2.48. The highest BCUT2D eigenvalue weighted by Gasteiger charge is 2.47. The van der Waals surface area contributed by atoms with Crippen molar-refractivity contribution in [3.63, 3.8) is 0 Å². The zero-order valence-corrected chi connectivity index (χ0v) is 17.9. The number of hydrogen-bond donors (Lipinski definition) is 2. The molecule has 0 radical (unpaired) electrons. The number of sulfonamides is 1. The highest BCUT2D eigenvalue weighted by Crippen LogP contribution is 2.19. The maximum atomic E-state index is 12.8. The standard InChI is InChI=1S/C23H19N3O5S/c1-16-7-9-19(10-8-16)32(30,31)24-26-22(28)20(21(27)23(26)29)25-13-11-18(12-14-25)15-17-5-3-2-4-6-17/h2-14,24H,15H2,1H3/p+1. The zero-order valence-electron chi connectivity index (χ0n) is 17.1. The number of aromatic nitrogens is 1. The molecular formula is C23H20N3O5S+. The molecule has 1 aliphatic heterocycles. The first-order chi connectivity index (χ1) is 15.3. The molecule has 0 saturated carbocycles. The zero-order chi connectivity index (χ0) is 22.9. The van der Waals surface area contributed by atoms with Gasteiger partial charge in [-0.15, -0.1) is 4.83 Å². The number of carbonyl (C=O) groups excluding carboxylic acids is 2. The molecule has 0 bridgehead atoms. The monoisotopic (exact) mass is 450 g/mol. The molecular weight excluding hydrogens is 430 g/mol. The van der Waals surface area contributed by atoms with Crippen LogP contribution in [-0.4, -0.2) is 30.3 Å². The predicted molar refractivity (Wildman–Crippen MR) is 115 cm³/mol. The van der Waals surface area contributed by atoms with Gasteiger partial charge in [0.15, 0.2) is 12.4 Å². The Kier molecular flexibility index (Phi) is 5.60. The molecule has 3 aromatic rings. The first-order valence-electron chi connectivity index (χ1n) is 9.72. The van der Waals surface area contributed by atoms with Gasteiger partial charge in [-0.3, -0.25) is 9.59 Å². The van der Waals surface area contributed by atoms with Gasteiger partial charge in [-0.1, -0.05) is 48.0 Å². The highest BCUT2D eigenvalue weighted by atomic mass is 32.2. The van der Waals surface area contributed by atoms with Crippen molar-refractivity contribution in [3.8, 4) is 0 Å². The average molecular weight is 450 g/mol. The number of carbonyl (C=O) groups is 2. The van der Waals surface area contributed by atoms with Crippen molar-refractivity contribution in [2.45, 2.75) is 18.2 Å². The largest absolute Gasteiger partial charge is 0.498 e. The Morgan fingerprint density at radius 2 is 1.47 bits per heavy atom. The number of aryl methyl sites for hydroxylation is 1. The third-order valence-electron chi connectivity index (χ3n) is 4.99. The second kappa shape index (κ2) is 8.37. The summed E-state index contributed by atoms with van der Waals surface area (Å²) in [5.41, 5.74) is 2.58. The summed E-state index contributed by atoms with van der Waals surface area (Å²) in [6, 6.07) is 19.2. The Hall–Kier alpha value is -3.82. The van der Waals surface area contributed by atoms with E-state index >= 15 is 0 Å². The summed E-state index contributed by atoms with van der Waals surface area (Å²) in [5.74, 6) is -2.98. The van der Waals surface area contributed by atoms with Crippen molar-refractivity contribution in [1.82, 2.24) is 9.84 Å². The minimum absolute atomic E-state index is 0.116. The van der Waals surface area contributed by atoms with Gasteiger partial charge in [0, 0.05) is 12.1 Å². The molecule has 4 rings (SSSR count). The normalized spacial score (nSPS) is 14.3. The van der Waals surface area contributed by atoms with Gasteiger partial charge in [0.1, 0.15) is 0 Å². The van der Waals surface area contributed by atoms with E-state index in [1.165, 1.54) is 29.1 Å². The predicted octanol–water partition coefficient (Wildman–Crippen LogP) is 1.86. The summed E-state index contributed by atoms with van der Waals surface area (Å²) in [6.07, 6.45) is 3.74. The van der Waals surface area contributed by atoms with Crippen molar-refractivity contribution in [2.75, 3.05) is 0 Å². The number of rotatable bonds is 6. The Bertz CT molecular complexity index is 1320. The van der Waals surface area contributed by atoms with Crippen LogP contribution in [-0.2, 0) is 26.0 Å². The Balaban J connectivity index is 1.55. The van der Waals surface area contributed by atoms with E-state index in [0.29, 0.717) is 11.4 Å². The summed E-state index contributed by atoms with van der Waals surface area (Å²) in [5, 5.41) is 10.6. The highest BCUT2D eigenvalue weighted by molar-refractivity contribution is 7.89. The van der Waals surface area contributed by atoms with Crippen LogP contribution < -0.4 is 9.40 Å². The van der Waals surface area contributed by atoms with Gasteiger partial charge in [-0.25, -0.2) is 8.42 Å². The average Bonchev–Trinajstić information content (AvgIpc) is 2.98. The van der Waals surface area contributed by atoms with Gasteiger partial charge in [-0.2, -0.15) is 9.58 Å². The van der Waals surface area contributed by atoms with Crippen LogP contribution in [0.4, 0.5) is 0 Å². The molecule has 8 nitrogen and oxygen atoms in total. The van der Waals surface area contributed by atoms with E-state index in [1.54, 1.807) is 31.2 Å². The molecule has 0 unspecified atom stereocenters. The molecule has 9 heteroatoms. The fourth-order valence-corrected chi connectivity index (χ4v) is 4.27. The van der Waals surface area contributed by atoms with E-state index < -0.39 is 27.6 Å². The molecule has 162 valence electrons. The maximum absolute atomic E-state index is 12.8. The molecule has 32 heavy (non-hydrogen) atoms. The first-order valence-corrected chi connectivity index (χ1v) is 11.2. The van der Waals surface area contributed by atoms with Crippen LogP contribution in [0.2, 0.25) is 0 Å². The Labute approximate surface area is 185 Å². The number of benzene rings is 2. The van der Waals surface area contributed by atoms with Crippen molar-refractivity contribution < 1.29 is 27.7 Å². The second-order valence-electron chi connectivity index (χ2n) is 7.33. The molecule has 1 aliphatic rings. The third-order valence-corrected chi connectivity index (χ3v) is 6.30. The van der Waals surface area contributed by atoms with Crippen molar-refractivity contribution in [2.24, 2.45) is 0 Å². The number of imide groups is 1. The van der Waals surface area contributed by atoms with E-state index in [9.17, 15) is 23.1 Å². The van der Waals surface area contributed by atoms with Crippen LogP contribution in [0.15, 0.2) is 89.8 Å². The van der Waals surface area contributed by atoms with Crippen LogP contribution in [0.5, 0.6) is 0 Å². The number of hydrogen-bond acceptors (Lipinski definition) is 5. The third kappa shape index (κ3) is 4.16. The minimum Gasteiger partial charge on any atom is -0.498 e. The summed E-state index contributed by atoms with van der Waals surface area (Å²) in [6.45, 7) is 1.80. The lowest BCUT2D eigenvalue weighted by molar-refractivity contribution is -0.578. The van der Waals surface area contributed by atoms with E-state index in [4.69, 9.17) is 0 Å². The van der Waals surface area contributed by atoms with Gasteiger partial charge >= 0.3 is 17.5 Å². The molecule has 0 saturated heterocycles.